The molecule has 3 atom stereocenters. The highest BCUT2D eigenvalue weighted by atomic mass is 16.5. The summed E-state index contributed by atoms with van der Waals surface area (Å²) in [7, 11) is 0. The molecule has 0 aromatic heterocycles. The van der Waals surface area contributed by atoms with Gasteiger partial charge in [-0.05, 0) is 32.1 Å². The molecule has 7 heteroatoms. The Morgan fingerprint density at radius 3 is 2.44 bits per heavy atom. The molecule has 4 rings (SSSR count). The standard InChI is InChI=1S/C18H26N2O5/c21-15(12-3-4-12)19-6-1-2-13(8-19)16(22)20-9-14-10-25-7-5-18(14,11-20)17(23)24/h12-14H,1-11H2,(H,23,24)/t13?,14-,18+/m0/s1. The first kappa shape index (κ1) is 16.8. The first-order chi connectivity index (χ1) is 12.0. The summed E-state index contributed by atoms with van der Waals surface area (Å²) in [5.41, 5.74) is -0.855. The maximum atomic E-state index is 13.0. The van der Waals surface area contributed by atoms with Crippen LogP contribution in [0.2, 0.25) is 0 Å². The predicted molar refractivity (Wildman–Crippen MR) is 87.6 cm³/mol. The van der Waals surface area contributed by atoms with E-state index in [0.29, 0.717) is 32.7 Å². The molecule has 7 nitrogen and oxygen atoms in total. The van der Waals surface area contributed by atoms with Crippen molar-refractivity contribution in [3.8, 4) is 0 Å². The van der Waals surface area contributed by atoms with E-state index in [2.05, 4.69) is 0 Å². The van der Waals surface area contributed by atoms with Crippen molar-refractivity contribution < 1.29 is 24.2 Å². The van der Waals surface area contributed by atoms with Crippen LogP contribution in [0.3, 0.4) is 0 Å². The summed E-state index contributed by atoms with van der Waals surface area (Å²) >= 11 is 0. The topological polar surface area (TPSA) is 87.2 Å². The molecule has 0 spiro atoms. The molecule has 4 fully saturated rings. The monoisotopic (exact) mass is 350 g/mol. The molecule has 3 heterocycles. The van der Waals surface area contributed by atoms with Gasteiger partial charge in [0.1, 0.15) is 0 Å². The summed E-state index contributed by atoms with van der Waals surface area (Å²) < 4.78 is 5.46. The molecule has 0 aromatic rings. The second-order valence-corrected chi connectivity index (χ2v) is 8.10. The average molecular weight is 350 g/mol. The average Bonchev–Trinajstić information content (AvgIpc) is 3.39. The van der Waals surface area contributed by atoms with Crippen molar-refractivity contribution in [3.05, 3.63) is 0 Å². The quantitative estimate of drug-likeness (QED) is 0.805. The minimum absolute atomic E-state index is 0.0170. The van der Waals surface area contributed by atoms with Crippen LogP contribution >= 0.6 is 0 Å². The number of carbonyl (C=O) groups is 3. The first-order valence-electron chi connectivity index (χ1n) is 9.40. The van der Waals surface area contributed by atoms with Crippen molar-refractivity contribution in [2.24, 2.45) is 23.2 Å². The third-order valence-electron chi connectivity index (χ3n) is 6.45. The predicted octanol–water partition coefficient (Wildman–Crippen LogP) is 0.585. The lowest BCUT2D eigenvalue weighted by Gasteiger charge is -2.35. The zero-order valence-electron chi connectivity index (χ0n) is 14.5. The lowest BCUT2D eigenvalue weighted by atomic mass is 9.74. The number of carboxylic acid groups (broad SMARTS) is 1. The van der Waals surface area contributed by atoms with Gasteiger partial charge in [0.25, 0.3) is 0 Å². The van der Waals surface area contributed by atoms with Crippen molar-refractivity contribution in [1.29, 1.82) is 0 Å². The second kappa shape index (κ2) is 6.27. The Morgan fingerprint density at radius 1 is 1.00 bits per heavy atom. The molecular formula is C18H26N2O5. The van der Waals surface area contributed by atoms with E-state index in [1.54, 1.807) is 4.90 Å². The number of carbonyl (C=O) groups excluding carboxylic acids is 2. The fourth-order valence-electron chi connectivity index (χ4n) is 4.69. The van der Waals surface area contributed by atoms with E-state index >= 15 is 0 Å². The fourth-order valence-corrected chi connectivity index (χ4v) is 4.69. The number of likely N-dealkylation sites (tertiary alicyclic amines) is 2. The van der Waals surface area contributed by atoms with Gasteiger partial charge in [-0.2, -0.15) is 0 Å². The molecule has 1 N–H and O–H groups in total. The van der Waals surface area contributed by atoms with Crippen LogP contribution in [0.4, 0.5) is 0 Å². The number of amides is 2. The van der Waals surface area contributed by atoms with Crippen molar-refractivity contribution in [2.75, 3.05) is 39.4 Å². The third-order valence-corrected chi connectivity index (χ3v) is 6.45. The molecule has 2 amide bonds. The largest absolute Gasteiger partial charge is 0.481 e. The van der Waals surface area contributed by atoms with E-state index in [0.717, 1.165) is 32.2 Å². The van der Waals surface area contributed by atoms with Gasteiger partial charge in [0, 0.05) is 44.6 Å². The Hall–Kier alpha value is -1.63. The van der Waals surface area contributed by atoms with Crippen LogP contribution in [0.15, 0.2) is 0 Å². The minimum atomic E-state index is -0.855. The normalized spacial score (nSPS) is 35.4. The third kappa shape index (κ3) is 2.92. The number of ether oxygens (including phenoxy) is 1. The minimum Gasteiger partial charge on any atom is -0.481 e. The highest BCUT2D eigenvalue weighted by molar-refractivity contribution is 5.85. The number of hydrogen-bond donors (Lipinski definition) is 1. The molecule has 1 aliphatic carbocycles. The first-order valence-corrected chi connectivity index (χ1v) is 9.40. The summed E-state index contributed by atoms with van der Waals surface area (Å²) in [5, 5.41) is 9.75. The molecule has 3 aliphatic heterocycles. The van der Waals surface area contributed by atoms with Gasteiger partial charge >= 0.3 is 5.97 Å². The maximum absolute atomic E-state index is 13.0. The van der Waals surface area contributed by atoms with Crippen molar-refractivity contribution in [1.82, 2.24) is 9.80 Å². The van der Waals surface area contributed by atoms with Gasteiger partial charge in [0.2, 0.25) is 11.8 Å². The van der Waals surface area contributed by atoms with E-state index in [4.69, 9.17) is 4.74 Å². The van der Waals surface area contributed by atoms with Gasteiger partial charge in [-0.1, -0.05) is 0 Å². The van der Waals surface area contributed by atoms with Gasteiger partial charge in [0.05, 0.1) is 17.9 Å². The number of aliphatic carboxylic acids is 1. The highest BCUT2D eigenvalue weighted by Crippen LogP contribution is 2.43. The highest BCUT2D eigenvalue weighted by Gasteiger charge is 2.55. The molecule has 0 bridgehead atoms. The van der Waals surface area contributed by atoms with Crippen LogP contribution in [-0.4, -0.2) is 72.1 Å². The Bertz CT molecular complexity index is 590. The number of fused-ring (bicyclic) bond motifs is 1. The zero-order valence-corrected chi connectivity index (χ0v) is 14.5. The lowest BCUT2D eigenvalue weighted by Crippen LogP contribution is -2.48. The van der Waals surface area contributed by atoms with Crippen molar-refractivity contribution in [2.45, 2.75) is 32.1 Å². The molecule has 0 radical (unpaired) electrons. The van der Waals surface area contributed by atoms with Crippen LogP contribution in [0.5, 0.6) is 0 Å². The van der Waals surface area contributed by atoms with Gasteiger partial charge < -0.3 is 19.6 Å². The smallest absolute Gasteiger partial charge is 0.311 e. The molecule has 4 aliphatic rings. The molecule has 138 valence electrons. The van der Waals surface area contributed by atoms with Crippen LogP contribution in [-0.2, 0) is 19.1 Å². The van der Waals surface area contributed by atoms with E-state index in [9.17, 15) is 19.5 Å². The van der Waals surface area contributed by atoms with Crippen molar-refractivity contribution in [3.63, 3.8) is 0 Å². The molecule has 0 aromatic carbocycles. The zero-order chi connectivity index (χ0) is 17.6. The number of piperidine rings is 1. The summed E-state index contributed by atoms with van der Waals surface area (Å²) in [4.78, 5) is 40.8. The Balaban J connectivity index is 1.44. The van der Waals surface area contributed by atoms with Crippen LogP contribution in [0, 0.1) is 23.2 Å². The summed E-state index contributed by atoms with van der Waals surface area (Å²) in [5.74, 6) is -0.744. The SMILES string of the molecule is O=C(C1CC1)N1CCCC(C(=O)N2C[C@H]3COCC[C@@]3(C(=O)O)C2)C1. The van der Waals surface area contributed by atoms with Crippen LogP contribution < -0.4 is 0 Å². The van der Waals surface area contributed by atoms with Gasteiger partial charge in [-0.25, -0.2) is 0 Å². The molecule has 3 saturated heterocycles. The maximum Gasteiger partial charge on any atom is 0.311 e. The Kier molecular flexibility index (Phi) is 4.22. The molecule has 25 heavy (non-hydrogen) atoms. The number of hydrogen-bond acceptors (Lipinski definition) is 4. The summed E-state index contributed by atoms with van der Waals surface area (Å²) in [6.07, 6.45) is 4.05. The second-order valence-electron chi connectivity index (χ2n) is 8.10. The molecule has 1 saturated carbocycles. The Morgan fingerprint density at radius 2 is 1.76 bits per heavy atom. The number of rotatable bonds is 3. The lowest BCUT2D eigenvalue weighted by molar-refractivity contribution is -0.157. The van der Waals surface area contributed by atoms with Gasteiger partial charge in [0.15, 0.2) is 0 Å². The van der Waals surface area contributed by atoms with E-state index in [1.165, 1.54) is 0 Å². The van der Waals surface area contributed by atoms with Gasteiger partial charge in [-0.3, -0.25) is 14.4 Å². The number of carboxylic acids is 1. The van der Waals surface area contributed by atoms with E-state index < -0.39 is 11.4 Å². The fraction of sp³-hybridized carbons (Fsp3) is 0.833. The van der Waals surface area contributed by atoms with Crippen LogP contribution in [0.1, 0.15) is 32.1 Å². The molecular weight excluding hydrogens is 324 g/mol. The van der Waals surface area contributed by atoms with Gasteiger partial charge in [-0.15, -0.1) is 0 Å². The van der Waals surface area contributed by atoms with E-state index in [1.807, 2.05) is 4.90 Å². The van der Waals surface area contributed by atoms with Crippen molar-refractivity contribution >= 4 is 17.8 Å². The summed E-state index contributed by atoms with van der Waals surface area (Å²) in [6, 6.07) is 0. The van der Waals surface area contributed by atoms with E-state index in [-0.39, 0.29) is 36.1 Å². The molecule has 1 unspecified atom stereocenters. The number of nitrogens with zero attached hydrogens (tertiary/aromatic N) is 2. The van der Waals surface area contributed by atoms with Crippen LogP contribution in [0.25, 0.3) is 0 Å². The summed E-state index contributed by atoms with van der Waals surface area (Å²) in [6.45, 7) is 2.83. The Labute approximate surface area is 147 Å².